The summed E-state index contributed by atoms with van der Waals surface area (Å²) in [4.78, 5) is 2.45. The summed E-state index contributed by atoms with van der Waals surface area (Å²) in [5.74, 6) is 0. The Labute approximate surface area is 327 Å². The van der Waals surface area contributed by atoms with E-state index in [9.17, 15) is 0 Å². The van der Waals surface area contributed by atoms with Crippen LogP contribution in [0, 0.1) is 0 Å². The maximum atomic E-state index is 2.45. The lowest BCUT2D eigenvalue weighted by atomic mass is 9.96. The Bertz CT molecular complexity index is 2880. The van der Waals surface area contributed by atoms with Gasteiger partial charge in [0.1, 0.15) is 0 Å². The summed E-state index contributed by atoms with van der Waals surface area (Å²) < 4.78 is 2.43. The molecule has 0 atom stereocenters. The first-order chi connectivity index (χ1) is 27.8. The summed E-state index contributed by atoms with van der Waals surface area (Å²) in [6, 6.07) is 83.2. The molecule has 56 heavy (non-hydrogen) atoms. The van der Waals surface area contributed by atoms with Crippen molar-refractivity contribution in [2.45, 2.75) is 0 Å². The van der Waals surface area contributed by atoms with Gasteiger partial charge in [-0.15, -0.1) is 0 Å². The Morgan fingerprint density at radius 2 is 0.804 bits per heavy atom. The largest absolute Gasteiger partial charge is 0.310 e. The fourth-order valence-corrected chi connectivity index (χ4v) is 8.20. The fourth-order valence-electron chi connectivity index (χ4n) is 8.20. The average Bonchev–Trinajstić information content (AvgIpc) is 3.62. The highest BCUT2D eigenvalue weighted by Gasteiger charge is 2.22. The smallest absolute Gasteiger partial charge is 0.0562 e. The van der Waals surface area contributed by atoms with E-state index >= 15 is 0 Å². The van der Waals surface area contributed by atoms with E-state index in [0.717, 1.165) is 45.0 Å². The van der Waals surface area contributed by atoms with Crippen LogP contribution in [0.2, 0.25) is 0 Å². The molecular formula is C54H38N2. The lowest BCUT2D eigenvalue weighted by Gasteiger charge is -2.29. The van der Waals surface area contributed by atoms with E-state index in [2.05, 4.69) is 240 Å². The number of hydrogen-bond donors (Lipinski definition) is 0. The molecule has 0 saturated carbocycles. The standard InChI is InChI=1S/C54H38N2/c1-6-19-39(20-7-1)43-35-44(40-21-8-2-9-22-40)37-47(36-43)55(51-31-17-16-29-48(51)41-23-10-3-11-24-41)46-33-34-50-53(38-46)56(45-27-14-5-15-28-45)52-32-18-30-49(54(50)52)42-25-12-4-13-26-42/h1-38H. The Kier molecular flexibility index (Phi) is 8.55. The van der Waals surface area contributed by atoms with Gasteiger partial charge in [0.15, 0.2) is 0 Å². The number of rotatable bonds is 8. The van der Waals surface area contributed by atoms with Crippen LogP contribution in [0.1, 0.15) is 0 Å². The van der Waals surface area contributed by atoms with Crippen LogP contribution < -0.4 is 4.90 Å². The molecule has 0 aliphatic carbocycles. The van der Waals surface area contributed by atoms with Crippen molar-refractivity contribution in [3.8, 4) is 50.2 Å². The molecular weight excluding hydrogens is 677 g/mol. The van der Waals surface area contributed by atoms with E-state index in [1.165, 1.54) is 44.1 Å². The third kappa shape index (κ3) is 6.04. The van der Waals surface area contributed by atoms with Gasteiger partial charge in [0.2, 0.25) is 0 Å². The zero-order valence-corrected chi connectivity index (χ0v) is 30.8. The van der Waals surface area contributed by atoms with Crippen molar-refractivity contribution in [2.75, 3.05) is 4.90 Å². The van der Waals surface area contributed by atoms with Gasteiger partial charge < -0.3 is 9.47 Å². The second-order valence-corrected chi connectivity index (χ2v) is 14.2. The molecule has 0 spiro atoms. The summed E-state index contributed by atoms with van der Waals surface area (Å²) in [5.41, 5.74) is 16.2. The van der Waals surface area contributed by atoms with Gasteiger partial charge in [-0.3, -0.25) is 0 Å². The normalized spacial score (nSPS) is 11.2. The van der Waals surface area contributed by atoms with Gasteiger partial charge >= 0.3 is 0 Å². The van der Waals surface area contributed by atoms with E-state index in [0.29, 0.717) is 0 Å². The molecule has 0 unspecified atom stereocenters. The zero-order chi connectivity index (χ0) is 37.3. The van der Waals surface area contributed by atoms with Crippen molar-refractivity contribution >= 4 is 38.9 Å². The van der Waals surface area contributed by atoms with Gasteiger partial charge in [0.05, 0.1) is 16.7 Å². The van der Waals surface area contributed by atoms with Crippen molar-refractivity contribution in [1.29, 1.82) is 0 Å². The van der Waals surface area contributed by atoms with Crippen molar-refractivity contribution < 1.29 is 0 Å². The zero-order valence-electron chi connectivity index (χ0n) is 30.8. The molecule has 2 nitrogen and oxygen atoms in total. The molecule has 0 aliphatic rings. The van der Waals surface area contributed by atoms with Gasteiger partial charge in [-0.1, -0.05) is 176 Å². The van der Waals surface area contributed by atoms with Gasteiger partial charge in [-0.25, -0.2) is 0 Å². The van der Waals surface area contributed by atoms with Gasteiger partial charge in [0, 0.05) is 33.4 Å². The molecule has 0 aliphatic heterocycles. The Balaban J connectivity index is 1.29. The van der Waals surface area contributed by atoms with Gasteiger partial charge in [-0.2, -0.15) is 0 Å². The van der Waals surface area contributed by atoms with Crippen LogP contribution in [0.15, 0.2) is 231 Å². The Hall–Kier alpha value is -7.42. The molecule has 264 valence electrons. The summed E-state index contributed by atoms with van der Waals surface area (Å²) in [5, 5.41) is 2.46. The minimum absolute atomic E-state index is 1.08. The molecule has 10 rings (SSSR count). The molecule has 0 amide bonds. The van der Waals surface area contributed by atoms with Crippen LogP contribution in [0.4, 0.5) is 17.1 Å². The minimum Gasteiger partial charge on any atom is -0.310 e. The van der Waals surface area contributed by atoms with Crippen LogP contribution in [0.3, 0.4) is 0 Å². The van der Waals surface area contributed by atoms with Gasteiger partial charge in [-0.05, 0) is 93.5 Å². The number of para-hydroxylation sites is 2. The molecule has 0 radical (unpaired) electrons. The van der Waals surface area contributed by atoms with Gasteiger partial charge in [0.25, 0.3) is 0 Å². The quantitative estimate of drug-likeness (QED) is 0.152. The number of aromatic nitrogens is 1. The van der Waals surface area contributed by atoms with Crippen molar-refractivity contribution in [3.05, 3.63) is 231 Å². The Morgan fingerprint density at radius 1 is 0.304 bits per heavy atom. The van der Waals surface area contributed by atoms with E-state index in [1.807, 2.05) is 0 Å². The predicted molar refractivity (Wildman–Crippen MR) is 237 cm³/mol. The molecule has 0 bridgehead atoms. The summed E-state index contributed by atoms with van der Waals surface area (Å²) in [6.07, 6.45) is 0. The fraction of sp³-hybridized carbons (Fsp3) is 0. The maximum absolute atomic E-state index is 2.45. The van der Waals surface area contributed by atoms with Crippen molar-refractivity contribution in [1.82, 2.24) is 4.57 Å². The van der Waals surface area contributed by atoms with E-state index in [1.54, 1.807) is 0 Å². The molecule has 0 N–H and O–H groups in total. The SMILES string of the molecule is c1ccc(-c2cc(-c3ccccc3)cc(N(c3ccc4c5c(-c6ccccc6)cccc5n(-c5ccccc5)c4c3)c3ccccc3-c3ccccc3)c2)cc1. The highest BCUT2D eigenvalue weighted by Crippen LogP contribution is 2.46. The van der Waals surface area contributed by atoms with E-state index in [4.69, 9.17) is 0 Å². The second kappa shape index (κ2) is 14.4. The molecule has 1 aromatic heterocycles. The molecule has 0 saturated heterocycles. The second-order valence-electron chi connectivity index (χ2n) is 14.2. The third-order valence-electron chi connectivity index (χ3n) is 10.8. The summed E-state index contributed by atoms with van der Waals surface area (Å²) in [6.45, 7) is 0. The third-order valence-corrected chi connectivity index (χ3v) is 10.8. The molecule has 9 aromatic carbocycles. The van der Waals surface area contributed by atoms with Crippen LogP contribution in [0.25, 0.3) is 72.0 Å². The van der Waals surface area contributed by atoms with Crippen LogP contribution in [0.5, 0.6) is 0 Å². The van der Waals surface area contributed by atoms with Crippen LogP contribution in [-0.4, -0.2) is 4.57 Å². The van der Waals surface area contributed by atoms with E-state index in [-0.39, 0.29) is 0 Å². The van der Waals surface area contributed by atoms with Crippen LogP contribution in [-0.2, 0) is 0 Å². The number of benzene rings is 9. The minimum atomic E-state index is 1.08. The summed E-state index contributed by atoms with van der Waals surface area (Å²) in [7, 11) is 0. The summed E-state index contributed by atoms with van der Waals surface area (Å²) >= 11 is 0. The highest BCUT2D eigenvalue weighted by atomic mass is 15.1. The van der Waals surface area contributed by atoms with Crippen LogP contribution >= 0.6 is 0 Å². The first kappa shape index (κ1) is 33.2. The molecule has 0 fully saturated rings. The number of fused-ring (bicyclic) bond motifs is 3. The lowest BCUT2D eigenvalue weighted by molar-refractivity contribution is 1.18. The molecule has 2 heteroatoms. The predicted octanol–water partition coefficient (Wildman–Crippen LogP) is 14.9. The van der Waals surface area contributed by atoms with Crippen molar-refractivity contribution in [2.24, 2.45) is 0 Å². The number of hydrogen-bond acceptors (Lipinski definition) is 1. The number of nitrogens with zero attached hydrogens (tertiary/aromatic N) is 2. The monoisotopic (exact) mass is 714 g/mol. The number of anilines is 3. The lowest BCUT2D eigenvalue weighted by Crippen LogP contribution is -2.12. The first-order valence-corrected chi connectivity index (χ1v) is 19.2. The topological polar surface area (TPSA) is 8.17 Å². The highest BCUT2D eigenvalue weighted by molar-refractivity contribution is 6.16. The van der Waals surface area contributed by atoms with Crippen molar-refractivity contribution in [3.63, 3.8) is 0 Å². The molecule has 10 aromatic rings. The molecule has 1 heterocycles. The Morgan fingerprint density at radius 3 is 1.41 bits per heavy atom. The average molecular weight is 715 g/mol. The maximum Gasteiger partial charge on any atom is 0.0562 e. The first-order valence-electron chi connectivity index (χ1n) is 19.2. The van der Waals surface area contributed by atoms with E-state index < -0.39 is 0 Å².